The van der Waals surface area contributed by atoms with Gasteiger partial charge in [0.1, 0.15) is 16.5 Å². The number of carbonyl (C=O) groups is 1. The standard InChI is InChI=1S/C17H13Cl2FN2O3/c1-2-25-17(24)12(9-21-10-6-4-3-5-7-10)14(23)11-8-13(20)16(19)22-15(11)18/h3-9,23H,2H2,1H3/b14-12+,21-9?. The molecular formula is C17H13Cl2FN2O3. The maximum atomic E-state index is 13.6. The van der Waals surface area contributed by atoms with Gasteiger partial charge in [0, 0.05) is 6.21 Å². The number of rotatable bonds is 5. The summed E-state index contributed by atoms with van der Waals surface area (Å²) in [5.41, 5.74) is 0.0471. The van der Waals surface area contributed by atoms with Crippen LogP contribution in [0.4, 0.5) is 10.1 Å². The molecule has 0 fully saturated rings. The monoisotopic (exact) mass is 382 g/mol. The second kappa shape index (κ2) is 8.60. The molecule has 0 saturated heterocycles. The highest BCUT2D eigenvalue weighted by molar-refractivity contribution is 6.34. The van der Waals surface area contributed by atoms with Crippen molar-refractivity contribution < 1.29 is 19.0 Å². The summed E-state index contributed by atoms with van der Waals surface area (Å²) in [7, 11) is 0. The summed E-state index contributed by atoms with van der Waals surface area (Å²) in [6, 6.07) is 9.61. The Bertz CT molecular complexity index is 839. The van der Waals surface area contributed by atoms with Crippen LogP contribution in [0.15, 0.2) is 47.0 Å². The van der Waals surface area contributed by atoms with Crippen molar-refractivity contribution in [3.8, 4) is 0 Å². The number of para-hydroxylation sites is 1. The van der Waals surface area contributed by atoms with Gasteiger partial charge in [-0.15, -0.1) is 0 Å². The first-order chi connectivity index (χ1) is 11.9. The Morgan fingerprint density at radius 1 is 1.32 bits per heavy atom. The van der Waals surface area contributed by atoms with Crippen LogP contribution >= 0.6 is 23.2 Å². The molecule has 130 valence electrons. The highest BCUT2D eigenvalue weighted by Gasteiger charge is 2.20. The zero-order chi connectivity index (χ0) is 18.4. The van der Waals surface area contributed by atoms with Gasteiger partial charge in [0.15, 0.2) is 11.0 Å². The minimum Gasteiger partial charge on any atom is -0.506 e. The summed E-state index contributed by atoms with van der Waals surface area (Å²) in [6.07, 6.45) is 1.12. The first-order valence-corrected chi connectivity index (χ1v) is 7.91. The number of hydrogen-bond acceptors (Lipinski definition) is 5. The van der Waals surface area contributed by atoms with Crippen molar-refractivity contribution in [3.63, 3.8) is 0 Å². The summed E-state index contributed by atoms with van der Waals surface area (Å²) in [6.45, 7) is 1.69. The lowest BCUT2D eigenvalue weighted by molar-refractivity contribution is -0.137. The van der Waals surface area contributed by atoms with Crippen LogP contribution in [-0.2, 0) is 9.53 Å². The number of hydrogen-bond donors (Lipinski definition) is 1. The quantitative estimate of drug-likeness (QED) is 0.266. The van der Waals surface area contributed by atoms with Crippen molar-refractivity contribution in [2.45, 2.75) is 6.92 Å². The highest BCUT2D eigenvalue weighted by Crippen LogP contribution is 2.27. The van der Waals surface area contributed by atoms with Gasteiger partial charge >= 0.3 is 5.97 Å². The van der Waals surface area contributed by atoms with Crippen molar-refractivity contribution in [3.05, 3.63) is 63.7 Å². The number of carbonyl (C=O) groups excluding carboxylic acids is 1. The average Bonchev–Trinajstić information content (AvgIpc) is 2.59. The SMILES string of the molecule is CCOC(=O)/C(C=Nc1ccccc1)=C(/O)c1cc(F)c(Cl)nc1Cl. The second-order valence-corrected chi connectivity index (χ2v) is 5.39. The number of aliphatic hydroxyl groups excluding tert-OH is 1. The lowest BCUT2D eigenvalue weighted by atomic mass is 10.1. The third-order valence-electron chi connectivity index (χ3n) is 2.99. The molecule has 1 aromatic heterocycles. The average molecular weight is 383 g/mol. The number of ether oxygens (including phenoxy) is 1. The van der Waals surface area contributed by atoms with Gasteiger partial charge in [-0.1, -0.05) is 41.4 Å². The summed E-state index contributed by atoms with van der Waals surface area (Å²) in [5, 5.41) is 9.69. The molecule has 0 aliphatic heterocycles. The lowest BCUT2D eigenvalue weighted by Gasteiger charge is -2.08. The molecule has 1 aromatic carbocycles. The van der Waals surface area contributed by atoms with E-state index in [2.05, 4.69) is 9.98 Å². The molecule has 0 atom stereocenters. The summed E-state index contributed by atoms with van der Waals surface area (Å²) >= 11 is 11.4. The Morgan fingerprint density at radius 3 is 2.64 bits per heavy atom. The van der Waals surface area contributed by atoms with Crippen LogP contribution in [-0.4, -0.2) is 28.9 Å². The van der Waals surface area contributed by atoms with Gasteiger partial charge in [-0.25, -0.2) is 14.2 Å². The molecule has 0 radical (unpaired) electrons. The zero-order valence-electron chi connectivity index (χ0n) is 13.0. The number of esters is 1. The molecule has 0 aliphatic carbocycles. The number of aliphatic imine (C=N–C) groups is 1. The van der Waals surface area contributed by atoms with Crippen molar-refractivity contribution >= 4 is 46.8 Å². The second-order valence-electron chi connectivity index (χ2n) is 4.68. The molecule has 0 unspecified atom stereocenters. The van der Waals surface area contributed by atoms with Gasteiger partial charge < -0.3 is 9.84 Å². The van der Waals surface area contributed by atoms with E-state index in [-0.39, 0.29) is 22.9 Å². The molecular weight excluding hydrogens is 370 g/mol. The summed E-state index contributed by atoms with van der Waals surface area (Å²) < 4.78 is 18.5. The largest absolute Gasteiger partial charge is 0.506 e. The van der Waals surface area contributed by atoms with Gasteiger partial charge in [0.05, 0.1) is 17.9 Å². The maximum absolute atomic E-state index is 13.6. The van der Waals surface area contributed by atoms with Crippen LogP contribution < -0.4 is 0 Å². The topological polar surface area (TPSA) is 71.8 Å². The molecule has 2 aromatic rings. The Hall–Kier alpha value is -2.44. The summed E-state index contributed by atoms with van der Waals surface area (Å²) in [4.78, 5) is 19.8. The predicted molar refractivity (Wildman–Crippen MR) is 95.0 cm³/mol. The fraction of sp³-hybridized carbons (Fsp3) is 0.118. The van der Waals surface area contributed by atoms with Crippen molar-refractivity contribution in [2.24, 2.45) is 4.99 Å². The Morgan fingerprint density at radius 2 is 2.00 bits per heavy atom. The molecule has 1 heterocycles. The first-order valence-electron chi connectivity index (χ1n) is 7.15. The van der Waals surface area contributed by atoms with E-state index < -0.39 is 22.7 Å². The van der Waals surface area contributed by atoms with Crippen LogP contribution in [0.5, 0.6) is 0 Å². The molecule has 8 heteroatoms. The first kappa shape index (κ1) is 18.9. The smallest absolute Gasteiger partial charge is 0.343 e. The lowest BCUT2D eigenvalue weighted by Crippen LogP contribution is -2.11. The van der Waals surface area contributed by atoms with E-state index >= 15 is 0 Å². The van der Waals surface area contributed by atoms with Crippen molar-refractivity contribution in [2.75, 3.05) is 6.61 Å². The Labute approximate surface area is 153 Å². The molecule has 0 aliphatic rings. The van der Waals surface area contributed by atoms with Gasteiger partial charge in [0.2, 0.25) is 0 Å². The van der Waals surface area contributed by atoms with Crippen LogP contribution in [0.25, 0.3) is 5.76 Å². The Kier molecular flexibility index (Phi) is 6.50. The minimum atomic E-state index is -0.893. The third kappa shape index (κ3) is 4.78. The van der Waals surface area contributed by atoms with Crippen molar-refractivity contribution in [1.82, 2.24) is 4.98 Å². The van der Waals surface area contributed by atoms with E-state index in [0.717, 1.165) is 12.3 Å². The highest BCUT2D eigenvalue weighted by atomic mass is 35.5. The van der Waals surface area contributed by atoms with E-state index in [4.69, 9.17) is 27.9 Å². The number of halogens is 3. The zero-order valence-corrected chi connectivity index (χ0v) is 14.6. The van der Waals surface area contributed by atoms with Gasteiger partial charge in [-0.05, 0) is 25.1 Å². The van der Waals surface area contributed by atoms with Gasteiger partial charge in [0.25, 0.3) is 0 Å². The number of nitrogens with zero attached hydrogens (tertiary/aromatic N) is 2. The Balaban J connectivity index is 2.53. The molecule has 0 spiro atoms. The van der Waals surface area contributed by atoms with Crippen LogP contribution in [0.3, 0.4) is 0 Å². The van der Waals surface area contributed by atoms with E-state index in [9.17, 15) is 14.3 Å². The fourth-order valence-electron chi connectivity index (χ4n) is 1.83. The van der Waals surface area contributed by atoms with E-state index in [1.54, 1.807) is 37.3 Å². The van der Waals surface area contributed by atoms with Gasteiger partial charge in [-0.3, -0.25) is 4.99 Å². The fourth-order valence-corrected chi connectivity index (χ4v) is 2.24. The molecule has 1 N–H and O–H groups in total. The molecule has 25 heavy (non-hydrogen) atoms. The van der Waals surface area contributed by atoms with Crippen molar-refractivity contribution in [1.29, 1.82) is 0 Å². The number of benzene rings is 1. The summed E-state index contributed by atoms with van der Waals surface area (Å²) in [5.74, 6) is -2.35. The van der Waals surface area contributed by atoms with Crippen LogP contribution in [0, 0.1) is 5.82 Å². The minimum absolute atomic E-state index is 0.0791. The van der Waals surface area contributed by atoms with Crippen LogP contribution in [0.1, 0.15) is 12.5 Å². The molecule has 0 saturated carbocycles. The normalized spacial score (nSPS) is 12.2. The van der Waals surface area contributed by atoms with E-state index in [1.165, 1.54) is 0 Å². The molecule has 0 bridgehead atoms. The third-order valence-corrected chi connectivity index (χ3v) is 3.54. The van der Waals surface area contributed by atoms with E-state index in [0.29, 0.717) is 5.69 Å². The predicted octanol–water partition coefficient (Wildman–Crippen LogP) is 4.76. The number of pyridine rings is 1. The van der Waals surface area contributed by atoms with Gasteiger partial charge in [-0.2, -0.15) is 0 Å². The number of aliphatic hydroxyl groups is 1. The number of aromatic nitrogens is 1. The molecule has 5 nitrogen and oxygen atoms in total. The molecule has 2 rings (SSSR count). The maximum Gasteiger partial charge on any atom is 0.343 e. The van der Waals surface area contributed by atoms with E-state index in [1.807, 2.05) is 0 Å². The molecule has 0 amide bonds. The van der Waals surface area contributed by atoms with Crippen LogP contribution in [0.2, 0.25) is 10.3 Å².